The minimum atomic E-state index is 0.0222. The molecule has 1 aromatic heterocycles. The number of ether oxygens (including phenoxy) is 1. The quantitative estimate of drug-likeness (QED) is 0.666. The van der Waals surface area contributed by atoms with Crippen LogP contribution in [-0.4, -0.2) is 48.3 Å². The van der Waals surface area contributed by atoms with Crippen molar-refractivity contribution in [1.29, 1.82) is 5.26 Å². The van der Waals surface area contributed by atoms with Crippen LogP contribution in [0.3, 0.4) is 0 Å². The average molecular weight is 398 g/mol. The van der Waals surface area contributed by atoms with E-state index in [-0.39, 0.29) is 11.9 Å². The number of hydrogen-bond donors (Lipinski definition) is 1. The van der Waals surface area contributed by atoms with Gasteiger partial charge in [-0.1, -0.05) is 12.1 Å². The van der Waals surface area contributed by atoms with Gasteiger partial charge in [-0.05, 0) is 57.6 Å². The van der Waals surface area contributed by atoms with Gasteiger partial charge in [0.25, 0.3) is 0 Å². The lowest BCUT2D eigenvalue weighted by molar-refractivity contribution is -0.121. The van der Waals surface area contributed by atoms with Gasteiger partial charge in [0.05, 0.1) is 37.9 Å². The summed E-state index contributed by atoms with van der Waals surface area (Å²) >= 11 is 0. The van der Waals surface area contributed by atoms with Crippen molar-refractivity contribution < 1.29 is 9.53 Å². The normalized spacial score (nSPS) is 11.9. The van der Waals surface area contributed by atoms with Crippen LogP contribution in [0.5, 0.6) is 5.75 Å². The molecule has 2 aromatic rings. The van der Waals surface area contributed by atoms with E-state index in [1.165, 1.54) is 0 Å². The van der Waals surface area contributed by atoms with Crippen molar-refractivity contribution in [2.75, 3.05) is 27.7 Å². The molecule has 0 spiro atoms. The number of nitrogens with zero attached hydrogens (tertiary/aromatic N) is 4. The molecule has 0 unspecified atom stereocenters. The number of carbonyl (C=O) groups is 1. The van der Waals surface area contributed by atoms with E-state index in [0.29, 0.717) is 32.4 Å². The molecule has 0 aliphatic heterocycles. The maximum atomic E-state index is 12.5. The Morgan fingerprint density at radius 2 is 2.00 bits per heavy atom. The van der Waals surface area contributed by atoms with E-state index >= 15 is 0 Å². The molecule has 1 atom stereocenters. The van der Waals surface area contributed by atoms with Crippen LogP contribution >= 0.6 is 0 Å². The zero-order chi connectivity index (χ0) is 21.4. The highest BCUT2D eigenvalue weighted by molar-refractivity contribution is 5.76. The van der Waals surface area contributed by atoms with E-state index in [1.807, 2.05) is 56.9 Å². The Labute approximate surface area is 173 Å². The van der Waals surface area contributed by atoms with Gasteiger partial charge in [0.2, 0.25) is 5.91 Å². The minimum Gasteiger partial charge on any atom is -0.497 e. The molecule has 156 valence electrons. The second kappa shape index (κ2) is 10.6. The summed E-state index contributed by atoms with van der Waals surface area (Å²) < 4.78 is 7.08. The molecule has 2 rings (SSSR count). The summed E-state index contributed by atoms with van der Waals surface area (Å²) in [4.78, 5) is 14.5. The van der Waals surface area contributed by atoms with Gasteiger partial charge >= 0.3 is 0 Å². The molecule has 7 nitrogen and oxygen atoms in total. The fourth-order valence-electron chi connectivity index (χ4n) is 3.43. The van der Waals surface area contributed by atoms with Crippen molar-refractivity contribution in [3.8, 4) is 11.8 Å². The highest BCUT2D eigenvalue weighted by Crippen LogP contribution is 2.21. The molecular weight excluding hydrogens is 366 g/mol. The number of aromatic nitrogens is 2. The van der Waals surface area contributed by atoms with Crippen molar-refractivity contribution in [2.24, 2.45) is 0 Å². The molecule has 1 amide bonds. The maximum Gasteiger partial charge on any atom is 0.220 e. The summed E-state index contributed by atoms with van der Waals surface area (Å²) in [5.41, 5.74) is 4.19. The van der Waals surface area contributed by atoms with Crippen LogP contribution < -0.4 is 10.1 Å². The molecular formula is C22H31N5O2. The predicted molar refractivity (Wildman–Crippen MR) is 113 cm³/mol. The zero-order valence-corrected chi connectivity index (χ0v) is 18.0. The number of rotatable bonds is 10. The molecule has 0 radical (unpaired) electrons. The van der Waals surface area contributed by atoms with Crippen LogP contribution in [0.4, 0.5) is 0 Å². The maximum absolute atomic E-state index is 12.5. The Morgan fingerprint density at radius 3 is 2.59 bits per heavy atom. The van der Waals surface area contributed by atoms with Crippen molar-refractivity contribution in [1.82, 2.24) is 20.0 Å². The molecule has 0 fully saturated rings. The Bertz CT molecular complexity index is 849. The molecule has 0 aliphatic carbocycles. The highest BCUT2D eigenvalue weighted by atomic mass is 16.5. The number of nitrogens with one attached hydrogen (secondary N) is 1. The number of nitriles is 1. The Morgan fingerprint density at radius 1 is 1.31 bits per heavy atom. The summed E-state index contributed by atoms with van der Waals surface area (Å²) in [5.74, 6) is 0.838. The third-order valence-corrected chi connectivity index (χ3v) is 5.19. The van der Waals surface area contributed by atoms with Crippen LogP contribution in [0.25, 0.3) is 0 Å². The van der Waals surface area contributed by atoms with Crippen LogP contribution in [0, 0.1) is 25.2 Å². The number of methoxy groups -OCH3 is 1. The zero-order valence-electron chi connectivity index (χ0n) is 18.0. The first-order valence-electron chi connectivity index (χ1n) is 9.84. The van der Waals surface area contributed by atoms with Crippen molar-refractivity contribution in [3.05, 3.63) is 46.8 Å². The Hall–Kier alpha value is -2.85. The lowest BCUT2D eigenvalue weighted by atomic mass is 10.1. The van der Waals surface area contributed by atoms with E-state index in [4.69, 9.17) is 10.00 Å². The van der Waals surface area contributed by atoms with Crippen molar-refractivity contribution in [3.63, 3.8) is 0 Å². The van der Waals surface area contributed by atoms with Gasteiger partial charge in [0.15, 0.2) is 0 Å². The Balaban J connectivity index is 1.93. The molecule has 1 heterocycles. The lowest BCUT2D eigenvalue weighted by Crippen LogP contribution is -2.34. The topological polar surface area (TPSA) is 83.2 Å². The first kappa shape index (κ1) is 22.4. The smallest absolute Gasteiger partial charge is 0.220 e. The predicted octanol–water partition coefficient (Wildman–Crippen LogP) is 2.77. The number of amides is 1. The molecule has 7 heteroatoms. The largest absolute Gasteiger partial charge is 0.497 e. The summed E-state index contributed by atoms with van der Waals surface area (Å²) in [6.45, 7) is 5.07. The molecule has 1 N–H and O–H groups in total. The third-order valence-electron chi connectivity index (χ3n) is 5.19. The number of likely N-dealkylation sites (N-methyl/N-ethyl adjacent to an activating group) is 1. The summed E-state index contributed by atoms with van der Waals surface area (Å²) in [5, 5.41) is 16.3. The number of benzene rings is 1. The van der Waals surface area contributed by atoms with Gasteiger partial charge in [-0.3, -0.25) is 9.48 Å². The average Bonchev–Trinajstić information content (AvgIpc) is 2.98. The van der Waals surface area contributed by atoms with Crippen LogP contribution in [0.2, 0.25) is 0 Å². The minimum absolute atomic E-state index is 0.0222. The van der Waals surface area contributed by atoms with Crippen LogP contribution in [0.15, 0.2) is 24.3 Å². The molecule has 0 saturated heterocycles. The first-order chi connectivity index (χ1) is 13.9. The lowest BCUT2D eigenvalue weighted by Gasteiger charge is -2.25. The second-order valence-electron chi connectivity index (χ2n) is 7.34. The standard InChI is InChI=1S/C22H31N5O2/c1-16-20(17(2)27(25-16)14-6-13-23)11-12-22(28)24-15-21(26(3)4)18-7-9-19(29-5)10-8-18/h7-10,21H,6,11-12,14-15H2,1-5H3,(H,24,28)/t21-/m1/s1. The number of carbonyl (C=O) groups excluding carboxylic acids is 1. The highest BCUT2D eigenvalue weighted by Gasteiger charge is 2.17. The summed E-state index contributed by atoms with van der Waals surface area (Å²) in [6, 6.07) is 10.1. The van der Waals surface area contributed by atoms with Crippen LogP contribution in [-0.2, 0) is 17.8 Å². The van der Waals surface area contributed by atoms with E-state index in [1.54, 1.807) is 7.11 Å². The van der Waals surface area contributed by atoms with Crippen molar-refractivity contribution in [2.45, 2.75) is 45.7 Å². The van der Waals surface area contributed by atoms with E-state index in [9.17, 15) is 4.79 Å². The monoisotopic (exact) mass is 397 g/mol. The summed E-state index contributed by atoms with van der Waals surface area (Å²) in [7, 11) is 5.65. The molecule has 0 bridgehead atoms. The van der Waals surface area contributed by atoms with Gasteiger partial charge in [-0.25, -0.2) is 0 Å². The van der Waals surface area contributed by atoms with Crippen LogP contribution in [0.1, 0.15) is 41.4 Å². The molecule has 29 heavy (non-hydrogen) atoms. The van der Waals surface area contributed by atoms with E-state index < -0.39 is 0 Å². The SMILES string of the molecule is COc1ccc([C@@H](CNC(=O)CCc2c(C)nn(CCC#N)c2C)N(C)C)cc1. The molecule has 0 saturated carbocycles. The van der Waals surface area contributed by atoms with Gasteiger partial charge < -0.3 is 15.0 Å². The van der Waals surface area contributed by atoms with E-state index in [2.05, 4.69) is 21.4 Å². The van der Waals surface area contributed by atoms with Crippen molar-refractivity contribution >= 4 is 5.91 Å². The first-order valence-corrected chi connectivity index (χ1v) is 9.84. The third kappa shape index (κ3) is 6.06. The summed E-state index contributed by atoms with van der Waals surface area (Å²) in [6.07, 6.45) is 1.48. The molecule has 0 aliphatic rings. The number of aryl methyl sites for hydroxylation is 2. The van der Waals surface area contributed by atoms with Gasteiger partial charge in [0.1, 0.15) is 5.75 Å². The molecule has 1 aromatic carbocycles. The fourth-order valence-corrected chi connectivity index (χ4v) is 3.43. The van der Waals surface area contributed by atoms with Gasteiger partial charge in [0, 0.05) is 18.7 Å². The van der Waals surface area contributed by atoms with E-state index in [0.717, 1.165) is 28.3 Å². The number of hydrogen-bond acceptors (Lipinski definition) is 5. The Kier molecular flexibility index (Phi) is 8.22. The van der Waals surface area contributed by atoms with Gasteiger partial charge in [-0.2, -0.15) is 10.4 Å². The van der Waals surface area contributed by atoms with Gasteiger partial charge in [-0.15, -0.1) is 0 Å². The second-order valence-corrected chi connectivity index (χ2v) is 7.34. The fraction of sp³-hybridized carbons (Fsp3) is 0.500.